The average molecular weight is 294 g/mol. The van der Waals surface area contributed by atoms with Crippen LogP contribution in [0.15, 0.2) is 22.7 Å². The fourth-order valence-corrected chi connectivity index (χ4v) is 2.30. The SMILES string of the molecule is CCCC(=O)C1=C(O)C(C(=O)CCC)=C(O)C(C)(C)C1=O. The molecule has 0 radical (unpaired) electrons. The Kier molecular flexibility index (Phi) is 5.10. The maximum absolute atomic E-state index is 12.4. The summed E-state index contributed by atoms with van der Waals surface area (Å²) >= 11 is 0. The summed E-state index contributed by atoms with van der Waals surface area (Å²) < 4.78 is 0. The Hall–Kier alpha value is -1.91. The van der Waals surface area contributed by atoms with E-state index >= 15 is 0 Å². The van der Waals surface area contributed by atoms with Crippen LogP contribution in [0, 0.1) is 5.41 Å². The van der Waals surface area contributed by atoms with Gasteiger partial charge in [0.25, 0.3) is 0 Å². The Morgan fingerprint density at radius 1 is 0.952 bits per heavy atom. The Balaban J connectivity index is 3.51. The normalized spacial score (nSPS) is 18.2. The first kappa shape index (κ1) is 17.1. The second kappa shape index (κ2) is 6.24. The van der Waals surface area contributed by atoms with E-state index < -0.39 is 34.3 Å². The Morgan fingerprint density at radius 3 is 1.81 bits per heavy atom. The minimum absolute atomic E-state index is 0.108. The van der Waals surface area contributed by atoms with Gasteiger partial charge in [0.05, 0.1) is 11.0 Å². The summed E-state index contributed by atoms with van der Waals surface area (Å²) in [5, 5.41) is 20.4. The second-order valence-electron chi connectivity index (χ2n) is 5.75. The molecule has 5 nitrogen and oxygen atoms in total. The highest BCUT2D eigenvalue weighted by molar-refractivity contribution is 6.25. The maximum Gasteiger partial charge on any atom is 0.183 e. The van der Waals surface area contributed by atoms with Gasteiger partial charge in [0.2, 0.25) is 0 Å². The van der Waals surface area contributed by atoms with Crippen LogP contribution in [0.4, 0.5) is 0 Å². The van der Waals surface area contributed by atoms with Crippen LogP contribution >= 0.6 is 0 Å². The fraction of sp³-hybridized carbons (Fsp3) is 0.562. The van der Waals surface area contributed by atoms with E-state index in [9.17, 15) is 24.6 Å². The van der Waals surface area contributed by atoms with Gasteiger partial charge in [-0.1, -0.05) is 13.8 Å². The molecule has 0 unspecified atom stereocenters. The zero-order chi connectivity index (χ0) is 16.4. The third-order valence-corrected chi connectivity index (χ3v) is 3.61. The minimum atomic E-state index is -1.39. The summed E-state index contributed by atoms with van der Waals surface area (Å²) in [7, 11) is 0. The standard InChI is InChI=1S/C16H22O5/c1-5-7-9(17)11-13(19)12(10(18)8-6-2)15(21)16(3,4)14(11)20/h19-20H,5-8H2,1-4H3. The summed E-state index contributed by atoms with van der Waals surface area (Å²) in [6.45, 7) is 6.45. The number of allylic oxidation sites excluding steroid dienone is 3. The summed E-state index contributed by atoms with van der Waals surface area (Å²) in [6.07, 6.45) is 1.30. The molecule has 0 bridgehead atoms. The van der Waals surface area contributed by atoms with Crippen molar-refractivity contribution in [2.75, 3.05) is 0 Å². The van der Waals surface area contributed by atoms with Crippen molar-refractivity contribution in [3.05, 3.63) is 22.7 Å². The molecule has 1 rings (SSSR count). The Bertz CT molecular complexity index is 549. The van der Waals surface area contributed by atoms with Gasteiger partial charge in [0.1, 0.15) is 17.1 Å². The summed E-state index contributed by atoms with van der Waals surface area (Å²) in [4.78, 5) is 36.6. The lowest BCUT2D eigenvalue weighted by atomic mass is 9.73. The van der Waals surface area contributed by atoms with Gasteiger partial charge in [-0.3, -0.25) is 14.4 Å². The van der Waals surface area contributed by atoms with E-state index in [-0.39, 0.29) is 24.0 Å². The molecule has 0 fully saturated rings. The van der Waals surface area contributed by atoms with E-state index in [1.54, 1.807) is 13.8 Å². The van der Waals surface area contributed by atoms with Crippen molar-refractivity contribution < 1.29 is 24.6 Å². The molecule has 1 aliphatic rings. The summed E-state index contributed by atoms with van der Waals surface area (Å²) in [6, 6.07) is 0. The zero-order valence-electron chi connectivity index (χ0n) is 12.9. The van der Waals surface area contributed by atoms with Crippen LogP contribution in [0.2, 0.25) is 0 Å². The largest absolute Gasteiger partial charge is 0.510 e. The first-order valence-electron chi connectivity index (χ1n) is 7.18. The summed E-state index contributed by atoms with van der Waals surface area (Å²) in [5.41, 5.74) is -2.04. The lowest BCUT2D eigenvalue weighted by molar-refractivity contribution is -0.127. The van der Waals surface area contributed by atoms with Crippen molar-refractivity contribution in [1.29, 1.82) is 0 Å². The van der Waals surface area contributed by atoms with E-state index in [1.807, 2.05) is 0 Å². The lowest BCUT2D eigenvalue weighted by Crippen LogP contribution is -2.37. The molecule has 0 aromatic heterocycles. The molecule has 0 spiro atoms. The van der Waals surface area contributed by atoms with Crippen LogP contribution in [0.5, 0.6) is 0 Å². The molecule has 5 heteroatoms. The number of aliphatic hydroxyl groups excluding tert-OH is 2. The smallest absolute Gasteiger partial charge is 0.183 e. The lowest BCUT2D eigenvalue weighted by Gasteiger charge is -2.30. The molecular weight excluding hydrogens is 272 g/mol. The molecule has 2 N–H and O–H groups in total. The number of Topliss-reactive ketones (excluding diaryl/α,β-unsaturated/α-hetero) is 3. The van der Waals surface area contributed by atoms with Crippen LogP contribution in [0.25, 0.3) is 0 Å². The van der Waals surface area contributed by atoms with E-state index in [1.165, 1.54) is 13.8 Å². The van der Waals surface area contributed by atoms with E-state index in [2.05, 4.69) is 0 Å². The number of ketones is 3. The topological polar surface area (TPSA) is 91.7 Å². The highest BCUT2D eigenvalue weighted by Crippen LogP contribution is 2.39. The molecule has 0 saturated carbocycles. The quantitative estimate of drug-likeness (QED) is 0.735. The first-order valence-corrected chi connectivity index (χ1v) is 7.18. The van der Waals surface area contributed by atoms with E-state index in [0.717, 1.165) is 0 Å². The third-order valence-electron chi connectivity index (χ3n) is 3.61. The predicted molar refractivity (Wildman–Crippen MR) is 77.9 cm³/mol. The van der Waals surface area contributed by atoms with Crippen molar-refractivity contribution in [1.82, 2.24) is 0 Å². The predicted octanol–water partition coefficient (Wildman–Crippen LogP) is 2.96. The van der Waals surface area contributed by atoms with Crippen molar-refractivity contribution >= 4 is 17.3 Å². The van der Waals surface area contributed by atoms with Crippen LogP contribution in [0.3, 0.4) is 0 Å². The van der Waals surface area contributed by atoms with Crippen LogP contribution in [-0.2, 0) is 14.4 Å². The third kappa shape index (κ3) is 2.91. The minimum Gasteiger partial charge on any atom is -0.510 e. The maximum atomic E-state index is 12.4. The number of hydrogen-bond acceptors (Lipinski definition) is 5. The van der Waals surface area contributed by atoms with Crippen LogP contribution in [0.1, 0.15) is 53.4 Å². The monoisotopic (exact) mass is 294 g/mol. The van der Waals surface area contributed by atoms with Gasteiger partial charge in [-0.05, 0) is 26.7 Å². The number of hydrogen-bond donors (Lipinski definition) is 2. The number of carbonyl (C=O) groups excluding carboxylic acids is 3. The van der Waals surface area contributed by atoms with Crippen molar-refractivity contribution in [3.8, 4) is 0 Å². The van der Waals surface area contributed by atoms with E-state index in [4.69, 9.17) is 0 Å². The van der Waals surface area contributed by atoms with Gasteiger partial charge in [-0.2, -0.15) is 0 Å². The molecular formula is C16H22O5. The van der Waals surface area contributed by atoms with Gasteiger partial charge < -0.3 is 10.2 Å². The van der Waals surface area contributed by atoms with Gasteiger partial charge in [-0.25, -0.2) is 0 Å². The molecule has 0 heterocycles. The molecule has 0 aliphatic heterocycles. The molecule has 1 aliphatic carbocycles. The molecule has 0 saturated heterocycles. The highest BCUT2D eigenvalue weighted by atomic mass is 16.3. The zero-order valence-corrected chi connectivity index (χ0v) is 12.9. The number of carbonyl (C=O) groups is 3. The fourth-order valence-electron chi connectivity index (χ4n) is 2.30. The van der Waals surface area contributed by atoms with Gasteiger partial charge in [0, 0.05) is 12.8 Å². The summed E-state index contributed by atoms with van der Waals surface area (Å²) in [5.74, 6) is -2.74. The van der Waals surface area contributed by atoms with Crippen molar-refractivity contribution in [2.24, 2.45) is 5.41 Å². The van der Waals surface area contributed by atoms with Gasteiger partial charge >= 0.3 is 0 Å². The Morgan fingerprint density at radius 2 is 1.38 bits per heavy atom. The van der Waals surface area contributed by atoms with Crippen molar-refractivity contribution in [2.45, 2.75) is 53.4 Å². The Labute approximate surface area is 124 Å². The molecule has 0 aromatic rings. The molecule has 0 atom stereocenters. The van der Waals surface area contributed by atoms with E-state index in [0.29, 0.717) is 12.8 Å². The van der Waals surface area contributed by atoms with Crippen molar-refractivity contribution in [3.63, 3.8) is 0 Å². The molecule has 116 valence electrons. The first-order chi connectivity index (χ1) is 9.69. The second-order valence-corrected chi connectivity index (χ2v) is 5.75. The average Bonchev–Trinajstić information content (AvgIpc) is 2.38. The van der Waals surface area contributed by atoms with Gasteiger partial charge in [-0.15, -0.1) is 0 Å². The van der Waals surface area contributed by atoms with Gasteiger partial charge in [0.15, 0.2) is 17.3 Å². The number of aliphatic hydroxyl groups is 2. The molecule has 0 aromatic carbocycles. The highest BCUT2D eigenvalue weighted by Gasteiger charge is 2.46. The van der Waals surface area contributed by atoms with Crippen LogP contribution < -0.4 is 0 Å². The van der Waals surface area contributed by atoms with Crippen LogP contribution in [-0.4, -0.2) is 27.6 Å². The number of rotatable bonds is 6. The molecule has 21 heavy (non-hydrogen) atoms. The molecule has 0 amide bonds.